The molecule has 2 rings (SSSR count). The minimum absolute atomic E-state index is 0.0517. The van der Waals surface area contributed by atoms with Crippen LogP contribution in [-0.4, -0.2) is 23.8 Å². The number of ether oxygens (including phenoxy) is 1. The first-order valence-electron chi connectivity index (χ1n) is 7.86. The molecule has 1 aromatic heterocycles. The molecule has 0 radical (unpaired) electrons. The zero-order chi connectivity index (χ0) is 16.1. The number of aromatic nitrogens is 1. The van der Waals surface area contributed by atoms with Gasteiger partial charge in [0.1, 0.15) is 0 Å². The zero-order valence-electron chi connectivity index (χ0n) is 13.4. The molecular weight excluding hydrogens is 278 g/mol. The van der Waals surface area contributed by atoms with E-state index in [0.717, 1.165) is 36.6 Å². The number of rotatable bonds is 7. The quantitative estimate of drug-likeness (QED) is 0.611. The van der Waals surface area contributed by atoms with Crippen LogP contribution in [0.3, 0.4) is 0 Å². The van der Waals surface area contributed by atoms with Gasteiger partial charge in [0, 0.05) is 28.6 Å². The summed E-state index contributed by atoms with van der Waals surface area (Å²) in [5, 5.41) is 0.796. The Labute approximate surface area is 130 Å². The summed E-state index contributed by atoms with van der Waals surface area (Å²) in [6, 6.07) is 5.25. The Morgan fingerprint density at radius 1 is 1.18 bits per heavy atom. The van der Waals surface area contributed by atoms with Crippen LogP contribution < -0.4 is 0 Å². The molecule has 0 amide bonds. The largest absolute Gasteiger partial charge is 0.465 e. The second kappa shape index (κ2) is 7.25. The first kappa shape index (κ1) is 16.3. The van der Waals surface area contributed by atoms with Gasteiger partial charge in [0.25, 0.3) is 0 Å². The minimum atomic E-state index is -0.389. The normalized spacial score (nSPS) is 11.1. The predicted molar refractivity (Wildman–Crippen MR) is 87.3 cm³/mol. The van der Waals surface area contributed by atoms with E-state index in [-0.39, 0.29) is 17.7 Å². The fourth-order valence-corrected chi connectivity index (χ4v) is 2.89. The topological polar surface area (TPSA) is 59.2 Å². The summed E-state index contributed by atoms with van der Waals surface area (Å²) < 4.78 is 4.75. The molecule has 0 aliphatic rings. The highest BCUT2D eigenvalue weighted by Gasteiger charge is 2.22. The van der Waals surface area contributed by atoms with E-state index in [1.807, 2.05) is 6.07 Å². The molecule has 0 saturated heterocycles. The van der Waals surface area contributed by atoms with E-state index in [1.54, 1.807) is 18.3 Å². The average molecular weight is 301 g/mol. The Morgan fingerprint density at radius 2 is 1.86 bits per heavy atom. The number of methoxy groups -OCH3 is 1. The van der Waals surface area contributed by atoms with Crippen LogP contribution in [0.2, 0.25) is 0 Å². The van der Waals surface area contributed by atoms with Crippen molar-refractivity contribution >= 4 is 22.7 Å². The van der Waals surface area contributed by atoms with Crippen LogP contribution in [-0.2, 0) is 4.74 Å². The van der Waals surface area contributed by atoms with Gasteiger partial charge in [0.15, 0.2) is 5.78 Å². The molecule has 0 spiro atoms. The van der Waals surface area contributed by atoms with Crippen molar-refractivity contribution in [1.29, 1.82) is 0 Å². The summed E-state index contributed by atoms with van der Waals surface area (Å²) in [5.41, 5.74) is 2.00. The van der Waals surface area contributed by atoms with Gasteiger partial charge in [-0.2, -0.15) is 0 Å². The molecule has 0 atom stereocenters. The van der Waals surface area contributed by atoms with Gasteiger partial charge in [-0.25, -0.2) is 4.79 Å². The maximum atomic E-state index is 12.8. The number of carbonyl (C=O) groups is 2. The van der Waals surface area contributed by atoms with Gasteiger partial charge in [0.2, 0.25) is 0 Å². The number of esters is 1. The van der Waals surface area contributed by atoms with Crippen molar-refractivity contribution in [3.8, 4) is 0 Å². The first-order valence-corrected chi connectivity index (χ1v) is 7.86. The lowest BCUT2D eigenvalue weighted by atomic mass is 9.89. The van der Waals surface area contributed by atoms with Crippen LogP contribution in [0, 0.1) is 5.92 Å². The molecule has 1 heterocycles. The first-order chi connectivity index (χ1) is 10.6. The van der Waals surface area contributed by atoms with E-state index in [4.69, 9.17) is 4.74 Å². The van der Waals surface area contributed by atoms with Crippen molar-refractivity contribution in [2.24, 2.45) is 5.92 Å². The van der Waals surface area contributed by atoms with Crippen LogP contribution >= 0.6 is 0 Å². The third-order valence-corrected chi connectivity index (χ3v) is 4.01. The summed E-state index contributed by atoms with van der Waals surface area (Å²) >= 11 is 0. The Bertz CT molecular complexity index is 666. The molecule has 22 heavy (non-hydrogen) atoms. The summed E-state index contributed by atoms with van der Waals surface area (Å²) in [5.74, 6) is -0.173. The van der Waals surface area contributed by atoms with Gasteiger partial charge in [-0.1, -0.05) is 26.7 Å². The highest BCUT2D eigenvalue weighted by molar-refractivity contribution is 6.10. The SMILES string of the molecule is CCCC(CCC)C(=O)c1c[nH]c2ccc(C(=O)OC)cc12. The van der Waals surface area contributed by atoms with Crippen LogP contribution in [0.1, 0.15) is 60.2 Å². The molecule has 1 N–H and O–H groups in total. The van der Waals surface area contributed by atoms with Crippen molar-refractivity contribution < 1.29 is 14.3 Å². The van der Waals surface area contributed by atoms with Crippen LogP contribution in [0.25, 0.3) is 10.9 Å². The number of hydrogen-bond acceptors (Lipinski definition) is 3. The Balaban J connectivity index is 2.41. The van der Waals surface area contributed by atoms with Crippen molar-refractivity contribution in [3.05, 3.63) is 35.5 Å². The molecular formula is C18H23NO3. The number of hydrogen-bond donors (Lipinski definition) is 1. The number of fused-ring (bicyclic) bond motifs is 1. The number of aromatic amines is 1. The molecule has 0 fully saturated rings. The molecule has 4 nitrogen and oxygen atoms in total. The van der Waals surface area contributed by atoms with E-state index >= 15 is 0 Å². The summed E-state index contributed by atoms with van der Waals surface area (Å²) in [6.45, 7) is 4.20. The second-order valence-corrected chi connectivity index (χ2v) is 5.59. The van der Waals surface area contributed by atoms with Gasteiger partial charge in [0.05, 0.1) is 12.7 Å². The molecule has 2 aromatic rings. The fourth-order valence-electron chi connectivity index (χ4n) is 2.89. The number of Topliss-reactive ketones (excluding diaryl/α,β-unsaturated/α-hetero) is 1. The zero-order valence-corrected chi connectivity index (χ0v) is 13.4. The lowest BCUT2D eigenvalue weighted by molar-refractivity contribution is 0.0600. The Kier molecular flexibility index (Phi) is 5.36. The third-order valence-electron chi connectivity index (χ3n) is 4.01. The van der Waals surface area contributed by atoms with E-state index < -0.39 is 0 Å². The van der Waals surface area contributed by atoms with Gasteiger partial charge in [-0.15, -0.1) is 0 Å². The van der Waals surface area contributed by atoms with Gasteiger partial charge >= 0.3 is 5.97 Å². The van der Waals surface area contributed by atoms with Crippen LogP contribution in [0.4, 0.5) is 0 Å². The monoisotopic (exact) mass is 301 g/mol. The number of benzene rings is 1. The molecule has 0 bridgehead atoms. The summed E-state index contributed by atoms with van der Waals surface area (Å²) in [6.07, 6.45) is 5.54. The second-order valence-electron chi connectivity index (χ2n) is 5.59. The predicted octanol–water partition coefficient (Wildman–Crippen LogP) is 4.35. The molecule has 0 aliphatic heterocycles. The van der Waals surface area contributed by atoms with E-state index in [0.29, 0.717) is 11.1 Å². The average Bonchev–Trinajstić information content (AvgIpc) is 2.96. The minimum Gasteiger partial charge on any atom is -0.465 e. The van der Waals surface area contributed by atoms with Gasteiger partial charge in [-0.3, -0.25) is 4.79 Å². The molecule has 1 aromatic carbocycles. The Hall–Kier alpha value is -2.10. The smallest absolute Gasteiger partial charge is 0.337 e. The standard InChI is InChI=1S/C18H23NO3/c1-4-6-12(7-5-2)17(20)15-11-19-16-9-8-13(10-14(15)16)18(21)22-3/h8-12,19H,4-7H2,1-3H3. The third kappa shape index (κ3) is 3.21. The Morgan fingerprint density at radius 3 is 2.45 bits per heavy atom. The van der Waals surface area contributed by atoms with Crippen molar-refractivity contribution in [3.63, 3.8) is 0 Å². The van der Waals surface area contributed by atoms with Gasteiger partial charge < -0.3 is 9.72 Å². The lowest BCUT2D eigenvalue weighted by Gasteiger charge is -2.13. The molecule has 4 heteroatoms. The van der Waals surface area contributed by atoms with Crippen molar-refractivity contribution in [2.75, 3.05) is 7.11 Å². The lowest BCUT2D eigenvalue weighted by Crippen LogP contribution is -2.14. The fraction of sp³-hybridized carbons (Fsp3) is 0.444. The van der Waals surface area contributed by atoms with Gasteiger partial charge in [-0.05, 0) is 31.0 Å². The molecule has 118 valence electrons. The van der Waals surface area contributed by atoms with E-state index in [2.05, 4.69) is 18.8 Å². The maximum absolute atomic E-state index is 12.8. The number of nitrogens with one attached hydrogen (secondary N) is 1. The maximum Gasteiger partial charge on any atom is 0.337 e. The van der Waals surface area contributed by atoms with E-state index in [1.165, 1.54) is 7.11 Å². The number of ketones is 1. The summed E-state index contributed by atoms with van der Waals surface area (Å²) in [4.78, 5) is 27.6. The van der Waals surface area contributed by atoms with E-state index in [9.17, 15) is 9.59 Å². The highest BCUT2D eigenvalue weighted by atomic mass is 16.5. The van der Waals surface area contributed by atoms with Crippen LogP contribution in [0.15, 0.2) is 24.4 Å². The van der Waals surface area contributed by atoms with Crippen molar-refractivity contribution in [2.45, 2.75) is 39.5 Å². The van der Waals surface area contributed by atoms with Crippen LogP contribution in [0.5, 0.6) is 0 Å². The van der Waals surface area contributed by atoms with Crippen molar-refractivity contribution in [1.82, 2.24) is 4.98 Å². The molecule has 0 aliphatic carbocycles. The number of carbonyl (C=O) groups excluding carboxylic acids is 2. The molecule has 0 unspecified atom stereocenters. The highest BCUT2D eigenvalue weighted by Crippen LogP contribution is 2.26. The number of H-pyrrole nitrogens is 1. The molecule has 0 saturated carbocycles. The summed E-state index contributed by atoms with van der Waals surface area (Å²) in [7, 11) is 1.36.